The van der Waals surface area contributed by atoms with Crippen LogP contribution in [0.1, 0.15) is 10.5 Å². The molecule has 6 nitrogen and oxygen atoms in total. The quantitative estimate of drug-likeness (QED) is 0.784. The van der Waals surface area contributed by atoms with Crippen molar-refractivity contribution in [2.45, 2.75) is 0 Å². The molecule has 0 fully saturated rings. The third-order valence-electron chi connectivity index (χ3n) is 2.27. The van der Waals surface area contributed by atoms with Gasteiger partial charge in [0, 0.05) is 6.07 Å². The van der Waals surface area contributed by atoms with Crippen LogP contribution in [-0.2, 0) is 4.74 Å². The number of carbonyl (C=O) groups is 1. The highest BCUT2D eigenvalue weighted by molar-refractivity contribution is 5.86. The van der Waals surface area contributed by atoms with E-state index in [0.717, 1.165) is 0 Å². The van der Waals surface area contributed by atoms with Crippen molar-refractivity contribution in [3.63, 3.8) is 0 Å². The molecule has 0 aliphatic heterocycles. The number of benzene rings is 1. The van der Waals surface area contributed by atoms with Crippen LogP contribution in [0, 0.1) is 0 Å². The van der Waals surface area contributed by atoms with Crippen molar-refractivity contribution in [3.05, 3.63) is 42.4 Å². The number of methoxy groups -OCH3 is 2. The van der Waals surface area contributed by atoms with Gasteiger partial charge in [-0.2, -0.15) is 0 Å². The molecule has 0 atom stereocenters. The lowest BCUT2D eigenvalue weighted by atomic mass is 10.3. The second-order valence-electron chi connectivity index (χ2n) is 3.52. The summed E-state index contributed by atoms with van der Waals surface area (Å²) < 4.78 is 15.1. The van der Waals surface area contributed by atoms with Gasteiger partial charge in [-0.25, -0.2) is 9.78 Å². The Morgan fingerprint density at radius 2 is 1.95 bits per heavy atom. The molecular weight excluding hydrogens is 248 g/mol. The van der Waals surface area contributed by atoms with Gasteiger partial charge < -0.3 is 14.2 Å². The molecule has 2 rings (SSSR count). The SMILES string of the molecule is COC(=O)c1cncc(Oc2cccc(OC)c2)n1. The van der Waals surface area contributed by atoms with E-state index in [-0.39, 0.29) is 11.6 Å². The Hall–Kier alpha value is -2.63. The average molecular weight is 260 g/mol. The van der Waals surface area contributed by atoms with E-state index in [2.05, 4.69) is 14.7 Å². The maximum Gasteiger partial charge on any atom is 0.358 e. The van der Waals surface area contributed by atoms with Crippen LogP contribution >= 0.6 is 0 Å². The number of ether oxygens (including phenoxy) is 3. The molecule has 0 bridgehead atoms. The molecule has 0 amide bonds. The standard InChI is InChI=1S/C13H12N2O4/c1-17-9-4-3-5-10(6-9)19-12-8-14-7-11(15-12)13(16)18-2/h3-8H,1-2H3. The third-order valence-corrected chi connectivity index (χ3v) is 2.27. The summed E-state index contributed by atoms with van der Waals surface area (Å²) in [6, 6.07) is 7.02. The van der Waals surface area contributed by atoms with E-state index < -0.39 is 5.97 Å². The van der Waals surface area contributed by atoms with Crippen LogP contribution in [0.25, 0.3) is 0 Å². The van der Waals surface area contributed by atoms with Crippen molar-refractivity contribution >= 4 is 5.97 Å². The molecule has 1 aromatic heterocycles. The zero-order valence-corrected chi connectivity index (χ0v) is 10.5. The lowest BCUT2D eigenvalue weighted by Gasteiger charge is -2.06. The van der Waals surface area contributed by atoms with Crippen LogP contribution in [0.3, 0.4) is 0 Å². The number of aromatic nitrogens is 2. The number of hydrogen-bond donors (Lipinski definition) is 0. The van der Waals surface area contributed by atoms with Crippen LogP contribution in [0.5, 0.6) is 17.4 Å². The van der Waals surface area contributed by atoms with Crippen molar-refractivity contribution in [1.82, 2.24) is 9.97 Å². The minimum atomic E-state index is -0.566. The van der Waals surface area contributed by atoms with Gasteiger partial charge in [0.2, 0.25) is 5.88 Å². The molecule has 1 aromatic carbocycles. The highest BCUT2D eigenvalue weighted by Gasteiger charge is 2.09. The minimum absolute atomic E-state index is 0.0860. The van der Waals surface area contributed by atoms with Gasteiger partial charge in [-0.05, 0) is 12.1 Å². The van der Waals surface area contributed by atoms with Gasteiger partial charge in [0.05, 0.1) is 26.6 Å². The average Bonchev–Trinajstić information content (AvgIpc) is 2.47. The predicted molar refractivity (Wildman–Crippen MR) is 66.4 cm³/mol. The topological polar surface area (TPSA) is 70.5 Å². The lowest BCUT2D eigenvalue weighted by Crippen LogP contribution is -2.05. The van der Waals surface area contributed by atoms with E-state index in [1.54, 1.807) is 31.4 Å². The molecule has 19 heavy (non-hydrogen) atoms. The van der Waals surface area contributed by atoms with Crippen LogP contribution < -0.4 is 9.47 Å². The van der Waals surface area contributed by atoms with Gasteiger partial charge >= 0.3 is 5.97 Å². The second-order valence-corrected chi connectivity index (χ2v) is 3.52. The van der Waals surface area contributed by atoms with E-state index >= 15 is 0 Å². The zero-order valence-electron chi connectivity index (χ0n) is 10.5. The fourth-order valence-corrected chi connectivity index (χ4v) is 1.39. The summed E-state index contributed by atoms with van der Waals surface area (Å²) in [4.78, 5) is 19.2. The summed E-state index contributed by atoms with van der Waals surface area (Å²) in [5.74, 6) is 0.838. The third kappa shape index (κ3) is 3.19. The molecule has 0 radical (unpaired) electrons. The summed E-state index contributed by atoms with van der Waals surface area (Å²) in [5.41, 5.74) is 0.0860. The van der Waals surface area contributed by atoms with E-state index in [0.29, 0.717) is 11.5 Å². The van der Waals surface area contributed by atoms with Crippen LogP contribution in [0.2, 0.25) is 0 Å². The first-order chi connectivity index (χ1) is 9.22. The number of hydrogen-bond acceptors (Lipinski definition) is 6. The molecule has 6 heteroatoms. The van der Waals surface area contributed by atoms with Crippen molar-refractivity contribution in [1.29, 1.82) is 0 Å². The Balaban J connectivity index is 2.20. The maximum absolute atomic E-state index is 11.3. The molecule has 0 aliphatic carbocycles. The molecular formula is C13H12N2O4. The molecule has 0 spiro atoms. The normalized spacial score (nSPS) is 9.79. The highest BCUT2D eigenvalue weighted by Crippen LogP contribution is 2.23. The maximum atomic E-state index is 11.3. The first-order valence-electron chi connectivity index (χ1n) is 5.45. The first kappa shape index (κ1) is 12.8. The summed E-state index contributed by atoms with van der Waals surface area (Å²) >= 11 is 0. The fraction of sp³-hybridized carbons (Fsp3) is 0.154. The van der Waals surface area contributed by atoms with Crippen LogP contribution in [0.15, 0.2) is 36.7 Å². The van der Waals surface area contributed by atoms with Crippen LogP contribution in [-0.4, -0.2) is 30.2 Å². The summed E-state index contributed by atoms with van der Waals surface area (Å²) in [5, 5.41) is 0. The molecule has 1 heterocycles. The van der Waals surface area contributed by atoms with E-state index in [1.807, 2.05) is 0 Å². The van der Waals surface area contributed by atoms with Gasteiger partial charge in [-0.1, -0.05) is 6.07 Å². The van der Waals surface area contributed by atoms with Gasteiger partial charge in [0.1, 0.15) is 11.5 Å². The molecule has 0 N–H and O–H groups in total. The summed E-state index contributed by atoms with van der Waals surface area (Å²) in [7, 11) is 2.84. The molecule has 98 valence electrons. The Morgan fingerprint density at radius 1 is 1.16 bits per heavy atom. The van der Waals surface area contributed by atoms with E-state index in [9.17, 15) is 4.79 Å². The van der Waals surface area contributed by atoms with E-state index in [4.69, 9.17) is 9.47 Å². The van der Waals surface area contributed by atoms with Gasteiger partial charge in [0.15, 0.2) is 5.69 Å². The van der Waals surface area contributed by atoms with Crippen LogP contribution in [0.4, 0.5) is 0 Å². The lowest BCUT2D eigenvalue weighted by molar-refractivity contribution is 0.0592. The largest absolute Gasteiger partial charge is 0.497 e. The minimum Gasteiger partial charge on any atom is -0.497 e. The first-order valence-corrected chi connectivity index (χ1v) is 5.45. The van der Waals surface area contributed by atoms with Crippen molar-refractivity contribution < 1.29 is 19.0 Å². The highest BCUT2D eigenvalue weighted by atomic mass is 16.5. The molecule has 2 aromatic rings. The number of nitrogens with zero attached hydrogens (tertiary/aromatic N) is 2. The second kappa shape index (κ2) is 5.81. The predicted octanol–water partition coefficient (Wildman–Crippen LogP) is 2.06. The van der Waals surface area contributed by atoms with Crippen molar-refractivity contribution in [2.75, 3.05) is 14.2 Å². The Bertz CT molecular complexity index is 586. The number of rotatable bonds is 4. The Labute approximate surface area is 110 Å². The Morgan fingerprint density at radius 3 is 2.68 bits per heavy atom. The zero-order chi connectivity index (χ0) is 13.7. The molecule has 0 unspecified atom stereocenters. The fourth-order valence-electron chi connectivity index (χ4n) is 1.39. The van der Waals surface area contributed by atoms with Gasteiger partial charge in [-0.15, -0.1) is 0 Å². The molecule has 0 aliphatic rings. The summed E-state index contributed by atoms with van der Waals surface area (Å²) in [6.07, 6.45) is 2.72. The van der Waals surface area contributed by atoms with Gasteiger partial charge in [0.25, 0.3) is 0 Å². The van der Waals surface area contributed by atoms with E-state index in [1.165, 1.54) is 19.5 Å². The van der Waals surface area contributed by atoms with Crippen molar-refractivity contribution in [3.8, 4) is 17.4 Å². The molecule has 0 saturated heterocycles. The number of esters is 1. The Kier molecular flexibility index (Phi) is 3.92. The number of carbonyl (C=O) groups excluding carboxylic acids is 1. The molecule has 0 saturated carbocycles. The smallest absolute Gasteiger partial charge is 0.358 e. The summed E-state index contributed by atoms with van der Waals surface area (Å²) in [6.45, 7) is 0. The van der Waals surface area contributed by atoms with Gasteiger partial charge in [-0.3, -0.25) is 4.98 Å². The monoisotopic (exact) mass is 260 g/mol. The van der Waals surface area contributed by atoms with Crippen molar-refractivity contribution in [2.24, 2.45) is 0 Å².